The molecule has 2 heterocycles. The van der Waals surface area contributed by atoms with Crippen LogP contribution in [0.25, 0.3) is 0 Å². The summed E-state index contributed by atoms with van der Waals surface area (Å²) in [6.45, 7) is 0. The maximum atomic E-state index is 13.2. The van der Waals surface area contributed by atoms with Crippen LogP contribution >= 0.6 is 0 Å². The van der Waals surface area contributed by atoms with E-state index in [0.29, 0.717) is 17.6 Å². The summed E-state index contributed by atoms with van der Waals surface area (Å²) in [5.74, 6) is -0.466. The molecule has 0 aromatic heterocycles. The summed E-state index contributed by atoms with van der Waals surface area (Å²) in [5.41, 5.74) is -0.819. The summed E-state index contributed by atoms with van der Waals surface area (Å²) in [6, 6.07) is 10.4. The van der Waals surface area contributed by atoms with Crippen LogP contribution in [0.1, 0.15) is 50.5 Å². The summed E-state index contributed by atoms with van der Waals surface area (Å²) in [6.07, 6.45) is 7.13. The zero-order valence-corrected chi connectivity index (χ0v) is 15.4. The fraction of sp³-hybridized carbons (Fsp3) is 0.667. The smallest absolute Gasteiger partial charge is 0.343 e. The third-order valence-corrected chi connectivity index (χ3v) is 7.25. The minimum Gasteiger partial charge on any atom is -0.453 e. The Kier molecular flexibility index (Phi) is 4.16. The molecular formula is C21H30NO3+. The second-order valence-corrected chi connectivity index (χ2v) is 8.72. The second-order valence-electron chi connectivity index (χ2n) is 8.72. The maximum Gasteiger partial charge on any atom is 0.343 e. The van der Waals surface area contributed by atoms with Crippen molar-refractivity contribution < 1.29 is 19.1 Å². The number of hydrogen-bond acceptors (Lipinski definition) is 3. The van der Waals surface area contributed by atoms with Gasteiger partial charge in [0.05, 0.1) is 20.1 Å². The first kappa shape index (κ1) is 17.0. The quantitative estimate of drug-likeness (QED) is 0.675. The third kappa shape index (κ3) is 2.61. The Labute approximate surface area is 150 Å². The molecule has 4 rings (SSSR count). The summed E-state index contributed by atoms with van der Waals surface area (Å²) in [7, 11) is 4.49. The number of likely N-dealkylation sites (N-methyl/N-ethyl adjacent to an activating group) is 1. The van der Waals surface area contributed by atoms with Gasteiger partial charge in [0.2, 0.25) is 0 Å². The molecule has 136 valence electrons. The molecule has 4 heteroatoms. The zero-order chi connectivity index (χ0) is 17.7. The summed E-state index contributed by atoms with van der Waals surface area (Å²) in [5, 5.41) is 11.5. The molecule has 0 unspecified atom stereocenters. The van der Waals surface area contributed by atoms with Crippen molar-refractivity contribution in [2.45, 2.75) is 68.7 Å². The normalized spacial score (nSPS) is 33.3. The molecule has 1 aliphatic carbocycles. The number of benzene rings is 1. The van der Waals surface area contributed by atoms with Gasteiger partial charge in [-0.3, -0.25) is 0 Å². The summed E-state index contributed by atoms with van der Waals surface area (Å²) in [4.78, 5) is 13.2. The number of nitrogens with zero attached hydrogens (tertiary/aromatic N) is 1. The fourth-order valence-electron chi connectivity index (χ4n) is 5.64. The van der Waals surface area contributed by atoms with E-state index in [2.05, 4.69) is 14.1 Å². The van der Waals surface area contributed by atoms with Crippen molar-refractivity contribution in [2.24, 2.45) is 5.92 Å². The van der Waals surface area contributed by atoms with Crippen LogP contribution in [-0.2, 0) is 15.1 Å². The Bertz CT molecular complexity index is 638. The molecule has 2 aliphatic heterocycles. The number of quaternary nitrogens is 1. The predicted octanol–water partition coefficient (Wildman–Crippen LogP) is 2.99. The molecule has 1 N–H and O–H groups in total. The van der Waals surface area contributed by atoms with Crippen molar-refractivity contribution in [2.75, 3.05) is 14.1 Å². The van der Waals surface area contributed by atoms with Crippen molar-refractivity contribution in [3.63, 3.8) is 0 Å². The van der Waals surface area contributed by atoms with Crippen LogP contribution in [0.15, 0.2) is 30.3 Å². The average Bonchev–Trinajstić information content (AvgIpc) is 3.30. The lowest BCUT2D eigenvalue weighted by atomic mass is 9.80. The average molecular weight is 344 g/mol. The number of carbonyl (C=O) groups excluding carboxylic acids is 1. The van der Waals surface area contributed by atoms with E-state index in [1.807, 2.05) is 30.3 Å². The molecule has 0 amide bonds. The molecular weight excluding hydrogens is 314 g/mol. The van der Waals surface area contributed by atoms with Crippen LogP contribution < -0.4 is 0 Å². The van der Waals surface area contributed by atoms with Gasteiger partial charge in [0.15, 0.2) is 11.7 Å². The first-order valence-corrected chi connectivity index (χ1v) is 9.76. The van der Waals surface area contributed by atoms with E-state index in [1.165, 1.54) is 6.42 Å². The molecule has 25 heavy (non-hydrogen) atoms. The monoisotopic (exact) mass is 344 g/mol. The number of fused-ring (bicyclic) bond motifs is 2. The Morgan fingerprint density at radius 2 is 1.80 bits per heavy atom. The van der Waals surface area contributed by atoms with E-state index in [4.69, 9.17) is 4.74 Å². The Morgan fingerprint density at radius 3 is 2.36 bits per heavy atom. The van der Waals surface area contributed by atoms with Crippen molar-refractivity contribution in [1.29, 1.82) is 0 Å². The largest absolute Gasteiger partial charge is 0.453 e. The minimum absolute atomic E-state index is 0.0384. The van der Waals surface area contributed by atoms with Crippen molar-refractivity contribution in [3.05, 3.63) is 35.9 Å². The highest BCUT2D eigenvalue weighted by Crippen LogP contribution is 2.46. The molecule has 0 radical (unpaired) electrons. The highest BCUT2D eigenvalue weighted by Gasteiger charge is 2.58. The first-order chi connectivity index (χ1) is 11.9. The second kappa shape index (κ2) is 6.10. The molecule has 0 spiro atoms. The van der Waals surface area contributed by atoms with Gasteiger partial charge in [0, 0.05) is 25.2 Å². The fourth-order valence-corrected chi connectivity index (χ4v) is 5.64. The van der Waals surface area contributed by atoms with Crippen LogP contribution in [0, 0.1) is 5.92 Å². The number of esters is 1. The van der Waals surface area contributed by atoms with E-state index in [0.717, 1.165) is 43.0 Å². The number of ether oxygens (including phenoxy) is 1. The lowest BCUT2D eigenvalue weighted by Crippen LogP contribution is -2.49. The number of aliphatic hydroxyl groups is 1. The van der Waals surface area contributed by atoms with Crippen LogP contribution in [0.5, 0.6) is 0 Å². The maximum absolute atomic E-state index is 13.2. The highest BCUT2D eigenvalue weighted by atomic mass is 16.6. The van der Waals surface area contributed by atoms with E-state index in [9.17, 15) is 9.90 Å². The lowest BCUT2D eigenvalue weighted by Gasteiger charge is -2.35. The molecule has 4 atom stereocenters. The van der Waals surface area contributed by atoms with E-state index in [1.54, 1.807) is 0 Å². The number of rotatable bonds is 4. The number of carbonyl (C=O) groups is 1. The van der Waals surface area contributed by atoms with Gasteiger partial charge in [-0.2, -0.15) is 0 Å². The van der Waals surface area contributed by atoms with Gasteiger partial charge in [-0.1, -0.05) is 43.2 Å². The number of hydrogen-bond donors (Lipinski definition) is 1. The first-order valence-electron chi connectivity index (χ1n) is 9.76. The van der Waals surface area contributed by atoms with Gasteiger partial charge in [-0.15, -0.1) is 0 Å². The van der Waals surface area contributed by atoms with Gasteiger partial charge in [0.1, 0.15) is 6.04 Å². The molecule has 3 fully saturated rings. The molecule has 2 saturated heterocycles. The Morgan fingerprint density at radius 1 is 1.12 bits per heavy atom. The van der Waals surface area contributed by atoms with Crippen LogP contribution in [0.4, 0.5) is 0 Å². The Hall–Kier alpha value is -1.39. The van der Waals surface area contributed by atoms with E-state index >= 15 is 0 Å². The zero-order valence-electron chi connectivity index (χ0n) is 15.4. The molecule has 2 bridgehead atoms. The van der Waals surface area contributed by atoms with Crippen molar-refractivity contribution in [3.8, 4) is 0 Å². The van der Waals surface area contributed by atoms with Gasteiger partial charge in [-0.05, 0) is 18.4 Å². The van der Waals surface area contributed by atoms with Crippen molar-refractivity contribution >= 4 is 5.97 Å². The van der Waals surface area contributed by atoms with Crippen molar-refractivity contribution in [1.82, 2.24) is 0 Å². The third-order valence-electron chi connectivity index (χ3n) is 7.25. The summed E-state index contributed by atoms with van der Waals surface area (Å²) < 4.78 is 6.96. The minimum atomic E-state index is -1.50. The van der Waals surface area contributed by atoms with Gasteiger partial charge < -0.3 is 14.3 Å². The van der Waals surface area contributed by atoms with Gasteiger partial charge >= 0.3 is 5.97 Å². The molecule has 4 nitrogen and oxygen atoms in total. The molecule has 1 aromatic rings. The molecule has 1 saturated carbocycles. The van der Waals surface area contributed by atoms with E-state index < -0.39 is 11.6 Å². The van der Waals surface area contributed by atoms with Crippen LogP contribution in [0.3, 0.4) is 0 Å². The molecule has 3 aliphatic rings. The van der Waals surface area contributed by atoms with Gasteiger partial charge in [0.25, 0.3) is 0 Å². The van der Waals surface area contributed by atoms with Crippen LogP contribution in [-0.4, -0.2) is 47.8 Å². The standard InChI is InChI=1S/C21H30NO3/c1-22(2)17-12-13-18(22)19(14-17)25-20(23)21(24,16-10-6-7-11-16)15-8-4-3-5-9-15/h3-5,8-9,16-19,24H,6-7,10-14H2,1-2H3/q+1/t17-,18+,19-,21-/m1/s1. The van der Waals surface area contributed by atoms with Crippen LogP contribution in [0.2, 0.25) is 0 Å². The highest BCUT2D eigenvalue weighted by molar-refractivity contribution is 5.82. The predicted molar refractivity (Wildman–Crippen MR) is 95.7 cm³/mol. The van der Waals surface area contributed by atoms with E-state index in [-0.39, 0.29) is 12.0 Å². The van der Waals surface area contributed by atoms with Gasteiger partial charge in [-0.25, -0.2) is 4.79 Å². The summed E-state index contributed by atoms with van der Waals surface area (Å²) >= 11 is 0. The Balaban J connectivity index is 1.59. The SMILES string of the molecule is C[N+]1(C)[C@@H]2CC[C@H]1[C@H](OC(=O)[C@@](O)(c1ccccc1)C1CCCC1)C2. The lowest BCUT2D eigenvalue weighted by molar-refractivity contribution is -0.913. The topological polar surface area (TPSA) is 46.5 Å². The molecule has 1 aromatic carbocycles.